The van der Waals surface area contributed by atoms with E-state index in [0.717, 1.165) is 56.4 Å². The van der Waals surface area contributed by atoms with Crippen molar-refractivity contribution >= 4 is 51.5 Å². The number of halogens is 1. The number of hydrogen-bond acceptors (Lipinski definition) is 7. The molecule has 10 heteroatoms. The number of thiazole rings is 1. The summed E-state index contributed by atoms with van der Waals surface area (Å²) in [6.45, 7) is 6.97. The van der Waals surface area contributed by atoms with Crippen LogP contribution in [0.1, 0.15) is 42.9 Å². The van der Waals surface area contributed by atoms with Gasteiger partial charge in [0.25, 0.3) is 5.91 Å². The Morgan fingerprint density at radius 1 is 1.21 bits per heavy atom. The highest BCUT2D eigenvalue weighted by Crippen LogP contribution is 2.33. The fourth-order valence-electron chi connectivity index (χ4n) is 4.17. The molecule has 5 rings (SSSR count). The summed E-state index contributed by atoms with van der Waals surface area (Å²) in [4.78, 5) is 22.5. The van der Waals surface area contributed by atoms with E-state index in [-0.39, 0.29) is 11.9 Å². The normalized spacial score (nSPS) is 15.3. The number of aromatic nitrogens is 3. The van der Waals surface area contributed by atoms with Crippen LogP contribution in [0.25, 0.3) is 20.5 Å². The van der Waals surface area contributed by atoms with Gasteiger partial charge in [-0.3, -0.25) is 9.48 Å². The zero-order chi connectivity index (χ0) is 23.7. The van der Waals surface area contributed by atoms with Crippen LogP contribution < -0.4 is 5.32 Å². The molecule has 0 bridgehead atoms. The summed E-state index contributed by atoms with van der Waals surface area (Å²) in [5.74, 6) is -0.105. The summed E-state index contributed by atoms with van der Waals surface area (Å²) in [5.41, 5.74) is 2.30. The van der Waals surface area contributed by atoms with Gasteiger partial charge in [-0.05, 0) is 56.3 Å². The molecule has 0 aliphatic carbocycles. The van der Waals surface area contributed by atoms with Crippen molar-refractivity contribution < 1.29 is 4.79 Å². The fourth-order valence-corrected chi connectivity index (χ4v) is 6.84. The first-order valence-electron chi connectivity index (χ1n) is 11.3. The van der Waals surface area contributed by atoms with Crippen LogP contribution in [-0.2, 0) is 6.54 Å². The highest BCUT2D eigenvalue weighted by atomic mass is 35.5. The number of nitrogens with zero attached hydrogens (tertiary/aromatic N) is 4. The van der Waals surface area contributed by atoms with E-state index in [1.165, 1.54) is 11.3 Å². The molecule has 4 aromatic rings. The van der Waals surface area contributed by atoms with Gasteiger partial charge in [-0.1, -0.05) is 17.7 Å². The summed E-state index contributed by atoms with van der Waals surface area (Å²) in [6.07, 6.45) is 1.94. The molecule has 6 nitrogen and oxygen atoms in total. The van der Waals surface area contributed by atoms with Crippen molar-refractivity contribution in [1.29, 1.82) is 0 Å². The van der Waals surface area contributed by atoms with Gasteiger partial charge < -0.3 is 10.2 Å². The lowest BCUT2D eigenvalue weighted by Gasteiger charge is -2.34. The number of amides is 1. The molecule has 1 N–H and O–H groups in total. The van der Waals surface area contributed by atoms with Crippen molar-refractivity contribution in [2.45, 2.75) is 45.3 Å². The van der Waals surface area contributed by atoms with Gasteiger partial charge in [0.2, 0.25) is 0 Å². The molecule has 1 amide bonds. The average Bonchev–Trinajstić information content (AvgIpc) is 3.61. The van der Waals surface area contributed by atoms with Crippen LogP contribution in [-0.4, -0.2) is 50.7 Å². The smallest absolute Gasteiger partial charge is 0.272 e. The Morgan fingerprint density at radius 3 is 2.71 bits per heavy atom. The van der Waals surface area contributed by atoms with E-state index in [0.29, 0.717) is 18.3 Å². The molecule has 0 saturated carbocycles. The molecule has 1 fully saturated rings. The van der Waals surface area contributed by atoms with E-state index in [2.05, 4.69) is 30.1 Å². The van der Waals surface area contributed by atoms with Crippen LogP contribution in [0.5, 0.6) is 0 Å². The van der Waals surface area contributed by atoms with Crippen molar-refractivity contribution in [3.8, 4) is 20.5 Å². The minimum atomic E-state index is -0.105. The maximum atomic E-state index is 13.1. The Morgan fingerprint density at radius 2 is 2.03 bits per heavy atom. The van der Waals surface area contributed by atoms with E-state index in [1.54, 1.807) is 22.7 Å². The monoisotopic (exact) mass is 531 g/mol. The Hall–Kier alpha value is -2.04. The van der Waals surface area contributed by atoms with Gasteiger partial charge in [0.1, 0.15) is 5.01 Å². The molecule has 4 aromatic heterocycles. The molecule has 0 aromatic carbocycles. The summed E-state index contributed by atoms with van der Waals surface area (Å²) in [6, 6.07) is 10.6. The number of likely N-dealkylation sites (tertiary alicyclic amines) is 1. The van der Waals surface area contributed by atoms with Gasteiger partial charge in [-0.25, -0.2) is 4.98 Å². The van der Waals surface area contributed by atoms with Crippen LogP contribution in [0.15, 0.2) is 41.1 Å². The quantitative estimate of drug-likeness (QED) is 0.313. The van der Waals surface area contributed by atoms with Gasteiger partial charge in [0.15, 0.2) is 5.69 Å². The first-order valence-corrected chi connectivity index (χ1v) is 14.3. The predicted octanol–water partition coefficient (Wildman–Crippen LogP) is 6.10. The minimum Gasteiger partial charge on any atom is -0.348 e. The first kappa shape index (κ1) is 23.7. The summed E-state index contributed by atoms with van der Waals surface area (Å²) >= 11 is 10.9. The lowest BCUT2D eigenvalue weighted by Crippen LogP contribution is -2.46. The number of hydrogen-bond donors (Lipinski definition) is 1. The average molecular weight is 532 g/mol. The van der Waals surface area contributed by atoms with Crippen LogP contribution in [0.4, 0.5) is 0 Å². The molecular formula is C24H26ClN5OS3. The van der Waals surface area contributed by atoms with Crippen molar-refractivity contribution in [3.05, 3.63) is 56.8 Å². The third-order valence-corrected chi connectivity index (χ3v) is 9.21. The largest absolute Gasteiger partial charge is 0.348 e. The SMILES string of the molecule is CC(C)N1CCC(NC(=O)c2cc(-c3cccs3)n(Cc3csc(-c4ccc(Cl)s4)n3)n2)CC1. The number of carbonyl (C=O) groups is 1. The van der Waals surface area contributed by atoms with Gasteiger partial charge in [-0.15, -0.1) is 34.0 Å². The number of thiophene rings is 2. The fraction of sp³-hybridized carbons (Fsp3) is 0.375. The Kier molecular flexibility index (Phi) is 7.17. The molecular weight excluding hydrogens is 506 g/mol. The third kappa shape index (κ3) is 5.28. The summed E-state index contributed by atoms with van der Waals surface area (Å²) in [7, 11) is 0. The van der Waals surface area contributed by atoms with Crippen LogP contribution in [0.2, 0.25) is 4.34 Å². The van der Waals surface area contributed by atoms with Crippen molar-refractivity contribution in [2.75, 3.05) is 13.1 Å². The van der Waals surface area contributed by atoms with E-state index in [1.807, 2.05) is 39.7 Å². The van der Waals surface area contributed by atoms with E-state index in [9.17, 15) is 4.79 Å². The minimum absolute atomic E-state index is 0.105. The topological polar surface area (TPSA) is 63.1 Å². The molecule has 0 radical (unpaired) electrons. The van der Waals surface area contributed by atoms with E-state index >= 15 is 0 Å². The van der Waals surface area contributed by atoms with Gasteiger partial charge >= 0.3 is 0 Å². The number of rotatable bonds is 7. The van der Waals surface area contributed by atoms with Crippen LogP contribution in [0, 0.1) is 0 Å². The Bertz CT molecular complexity index is 1250. The molecule has 0 atom stereocenters. The van der Waals surface area contributed by atoms with Crippen molar-refractivity contribution in [2.24, 2.45) is 0 Å². The number of carbonyl (C=O) groups excluding carboxylic acids is 1. The zero-order valence-electron chi connectivity index (χ0n) is 19.0. The van der Waals surface area contributed by atoms with Gasteiger partial charge in [-0.2, -0.15) is 5.10 Å². The highest BCUT2D eigenvalue weighted by molar-refractivity contribution is 7.23. The molecule has 0 spiro atoms. The van der Waals surface area contributed by atoms with Gasteiger partial charge in [0, 0.05) is 30.6 Å². The molecule has 1 aliphatic rings. The third-order valence-electron chi connectivity index (χ3n) is 6.03. The highest BCUT2D eigenvalue weighted by Gasteiger charge is 2.24. The van der Waals surface area contributed by atoms with Crippen LogP contribution >= 0.6 is 45.6 Å². The standard InChI is InChI=1S/C24H26ClN5OS3/c1-15(2)29-9-7-16(8-10-29)26-23(31)18-12-19(20-4-3-11-32-20)30(28-18)13-17-14-33-24(27-17)21-5-6-22(25)34-21/h3-6,11-12,14-16H,7-10,13H2,1-2H3,(H,26,31). The molecule has 1 saturated heterocycles. The Balaban J connectivity index is 1.33. The van der Waals surface area contributed by atoms with Crippen molar-refractivity contribution in [1.82, 2.24) is 25.0 Å². The lowest BCUT2D eigenvalue weighted by atomic mass is 10.0. The Labute approximate surface area is 216 Å². The maximum absolute atomic E-state index is 13.1. The number of nitrogens with one attached hydrogen (secondary N) is 1. The zero-order valence-corrected chi connectivity index (χ0v) is 22.2. The second kappa shape index (κ2) is 10.3. The van der Waals surface area contributed by atoms with Crippen LogP contribution in [0.3, 0.4) is 0 Å². The van der Waals surface area contributed by atoms with Gasteiger partial charge in [0.05, 0.1) is 32.0 Å². The first-order chi connectivity index (χ1) is 16.5. The second-order valence-electron chi connectivity index (χ2n) is 8.67. The lowest BCUT2D eigenvalue weighted by molar-refractivity contribution is 0.0895. The number of piperidine rings is 1. The molecule has 34 heavy (non-hydrogen) atoms. The second-order valence-corrected chi connectivity index (χ2v) is 12.2. The maximum Gasteiger partial charge on any atom is 0.272 e. The molecule has 5 heterocycles. The summed E-state index contributed by atoms with van der Waals surface area (Å²) < 4.78 is 2.65. The summed E-state index contributed by atoms with van der Waals surface area (Å²) in [5, 5.41) is 12.9. The van der Waals surface area contributed by atoms with E-state index in [4.69, 9.17) is 21.7 Å². The predicted molar refractivity (Wildman–Crippen MR) is 142 cm³/mol. The van der Waals surface area contributed by atoms with Crippen molar-refractivity contribution in [3.63, 3.8) is 0 Å². The molecule has 178 valence electrons. The van der Waals surface area contributed by atoms with E-state index < -0.39 is 0 Å². The molecule has 1 aliphatic heterocycles. The molecule has 0 unspecified atom stereocenters.